The number of carboxylic acids is 1. The summed E-state index contributed by atoms with van der Waals surface area (Å²) in [5.41, 5.74) is 0. The molecule has 1 rings (SSSR count). The van der Waals surface area contributed by atoms with Crippen LogP contribution in [0.3, 0.4) is 0 Å². The second-order valence-electron chi connectivity index (χ2n) is 4.68. The van der Waals surface area contributed by atoms with E-state index < -0.39 is 18.0 Å². The van der Waals surface area contributed by atoms with Crippen LogP contribution in [0, 0.1) is 5.92 Å². The van der Waals surface area contributed by atoms with E-state index in [0.29, 0.717) is 10.8 Å². The van der Waals surface area contributed by atoms with Crippen molar-refractivity contribution in [1.29, 1.82) is 0 Å². The van der Waals surface area contributed by atoms with Gasteiger partial charge in [-0.2, -0.15) is 0 Å². The van der Waals surface area contributed by atoms with Crippen molar-refractivity contribution >= 4 is 34.9 Å². The molecule has 5 nitrogen and oxygen atoms in total. The van der Waals surface area contributed by atoms with Crippen LogP contribution < -0.4 is 10.6 Å². The van der Waals surface area contributed by atoms with E-state index in [1.165, 1.54) is 11.3 Å². The van der Waals surface area contributed by atoms with Gasteiger partial charge in [0.2, 0.25) is 0 Å². The quantitative estimate of drug-likeness (QED) is 0.753. The molecular formula is C13H19ClN2O3S. The lowest BCUT2D eigenvalue weighted by molar-refractivity contribution is -0.140. The number of hydrogen-bond acceptors (Lipinski definition) is 3. The molecule has 1 aromatic rings. The fourth-order valence-electron chi connectivity index (χ4n) is 1.69. The van der Waals surface area contributed by atoms with E-state index in [2.05, 4.69) is 10.6 Å². The van der Waals surface area contributed by atoms with Crippen LogP contribution in [0.4, 0.5) is 4.79 Å². The highest BCUT2D eigenvalue weighted by atomic mass is 35.5. The van der Waals surface area contributed by atoms with Crippen LogP contribution >= 0.6 is 22.9 Å². The maximum Gasteiger partial charge on any atom is 0.326 e. The standard InChI is InChI=1S/C13H19ClN2O3S/c1-4-7(2)11(12(17)18)16-13(19)15-8(3)9-5-6-10(14)20-9/h5-8,11H,4H2,1-3H3,(H,17,18)(H2,15,16,19). The molecular weight excluding hydrogens is 300 g/mol. The molecule has 3 N–H and O–H groups in total. The zero-order valence-corrected chi connectivity index (χ0v) is 13.2. The van der Waals surface area contributed by atoms with Gasteiger partial charge in [-0.1, -0.05) is 31.9 Å². The van der Waals surface area contributed by atoms with Crippen molar-refractivity contribution in [1.82, 2.24) is 10.6 Å². The van der Waals surface area contributed by atoms with E-state index in [1.54, 1.807) is 13.0 Å². The van der Waals surface area contributed by atoms with Crippen molar-refractivity contribution in [2.24, 2.45) is 5.92 Å². The van der Waals surface area contributed by atoms with Gasteiger partial charge in [0, 0.05) is 4.88 Å². The highest BCUT2D eigenvalue weighted by molar-refractivity contribution is 7.16. The van der Waals surface area contributed by atoms with Gasteiger partial charge in [-0.05, 0) is 25.0 Å². The number of carbonyl (C=O) groups is 2. The average molecular weight is 319 g/mol. The Kier molecular flexibility index (Phi) is 6.29. The number of aliphatic carboxylic acids is 1. The molecule has 0 aromatic carbocycles. The summed E-state index contributed by atoms with van der Waals surface area (Å²) in [7, 11) is 0. The summed E-state index contributed by atoms with van der Waals surface area (Å²) >= 11 is 7.22. The monoisotopic (exact) mass is 318 g/mol. The summed E-state index contributed by atoms with van der Waals surface area (Å²) in [6, 6.07) is 1.99. The molecule has 1 aromatic heterocycles. The van der Waals surface area contributed by atoms with E-state index in [0.717, 1.165) is 4.88 Å². The summed E-state index contributed by atoms with van der Waals surface area (Å²) in [5.74, 6) is -1.16. The number of thiophene rings is 1. The lowest BCUT2D eigenvalue weighted by Crippen LogP contribution is -2.49. The minimum Gasteiger partial charge on any atom is -0.480 e. The molecule has 0 saturated carbocycles. The predicted octanol–water partition coefficient (Wildman–Crippen LogP) is 3.26. The number of halogens is 1. The first-order valence-electron chi connectivity index (χ1n) is 6.40. The first kappa shape index (κ1) is 16.8. The molecule has 0 aliphatic carbocycles. The van der Waals surface area contributed by atoms with Crippen LogP contribution in [0.2, 0.25) is 4.34 Å². The zero-order valence-electron chi connectivity index (χ0n) is 11.6. The predicted molar refractivity (Wildman–Crippen MR) is 80.3 cm³/mol. The SMILES string of the molecule is CCC(C)C(NC(=O)NC(C)c1ccc(Cl)s1)C(=O)O. The molecule has 0 bridgehead atoms. The van der Waals surface area contributed by atoms with Crippen LogP contribution in [0.5, 0.6) is 0 Å². The summed E-state index contributed by atoms with van der Waals surface area (Å²) < 4.78 is 0.650. The summed E-state index contributed by atoms with van der Waals surface area (Å²) in [5, 5.41) is 14.3. The van der Waals surface area contributed by atoms with Gasteiger partial charge in [0.1, 0.15) is 6.04 Å². The molecule has 112 valence electrons. The molecule has 1 heterocycles. The molecule has 0 aliphatic heterocycles. The first-order valence-corrected chi connectivity index (χ1v) is 7.59. The molecule has 3 atom stereocenters. The van der Waals surface area contributed by atoms with Crippen molar-refractivity contribution in [3.63, 3.8) is 0 Å². The number of hydrogen-bond donors (Lipinski definition) is 3. The van der Waals surface area contributed by atoms with Crippen LogP contribution in [-0.2, 0) is 4.79 Å². The number of amides is 2. The highest BCUT2D eigenvalue weighted by Crippen LogP contribution is 2.26. The molecule has 2 amide bonds. The normalized spacial score (nSPS) is 15.2. The van der Waals surface area contributed by atoms with Crippen LogP contribution in [0.15, 0.2) is 12.1 Å². The van der Waals surface area contributed by atoms with Crippen LogP contribution in [0.25, 0.3) is 0 Å². The van der Waals surface area contributed by atoms with Crippen LogP contribution in [-0.4, -0.2) is 23.1 Å². The Bertz CT molecular complexity index is 478. The number of rotatable bonds is 6. The van der Waals surface area contributed by atoms with Crippen molar-refractivity contribution in [2.75, 3.05) is 0 Å². The van der Waals surface area contributed by atoms with Gasteiger partial charge < -0.3 is 15.7 Å². The average Bonchev–Trinajstić information content (AvgIpc) is 2.81. The van der Waals surface area contributed by atoms with Gasteiger partial charge in [-0.15, -0.1) is 11.3 Å². The third-order valence-electron chi connectivity index (χ3n) is 3.13. The number of carboxylic acid groups (broad SMARTS) is 1. The highest BCUT2D eigenvalue weighted by Gasteiger charge is 2.25. The third-order valence-corrected chi connectivity index (χ3v) is 4.55. The minimum absolute atomic E-state index is 0.135. The van der Waals surface area contributed by atoms with Gasteiger partial charge in [0.05, 0.1) is 10.4 Å². The van der Waals surface area contributed by atoms with E-state index in [9.17, 15) is 9.59 Å². The molecule has 20 heavy (non-hydrogen) atoms. The van der Waals surface area contributed by atoms with Crippen molar-refractivity contribution in [3.05, 3.63) is 21.3 Å². The molecule has 0 saturated heterocycles. The van der Waals surface area contributed by atoms with Gasteiger partial charge >= 0.3 is 12.0 Å². The molecule has 0 aliphatic rings. The van der Waals surface area contributed by atoms with Gasteiger partial charge in [-0.3, -0.25) is 0 Å². The largest absolute Gasteiger partial charge is 0.480 e. The Morgan fingerprint density at radius 1 is 1.35 bits per heavy atom. The lowest BCUT2D eigenvalue weighted by atomic mass is 9.99. The lowest BCUT2D eigenvalue weighted by Gasteiger charge is -2.21. The summed E-state index contributed by atoms with van der Waals surface area (Å²) in [4.78, 5) is 23.9. The maximum atomic E-state index is 11.9. The molecule has 0 fully saturated rings. The molecule has 0 spiro atoms. The van der Waals surface area contributed by atoms with E-state index in [-0.39, 0.29) is 12.0 Å². The van der Waals surface area contributed by atoms with Crippen molar-refractivity contribution in [2.45, 2.75) is 39.3 Å². The van der Waals surface area contributed by atoms with E-state index >= 15 is 0 Å². The molecule has 0 radical (unpaired) electrons. The Balaban J connectivity index is 2.59. The number of carbonyl (C=O) groups excluding carboxylic acids is 1. The molecule has 3 unspecified atom stereocenters. The second-order valence-corrected chi connectivity index (χ2v) is 6.43. The first-order chi connectivity index (χ1) is 9.35. The topological polar surface area (TPSA) is 78.4 Å². The van der Waals surface area contributed by atoms with E-state index in [1.807, 2.05) is 19.9 Å². The fourth-order valence-corrected chi connectivity index (χ4v) is 2.76. The van der Waals surface area contributed by atoms with E-state index in [4.69, 9.17) is 16.7 Å². The Hall–Kier alpha value is -1.27. The minimum atomic E-state index is -1.03. The Labute approximate surface area is 127 Å². The smallest absolute Gasteiger partial charge is 0.326 e. The molecule has 7 heteroatoms. The maximum absolute atomic E-state index is 11.9. The van der Waals surface area contributed by atoms with Gasteiger partial charge in [0.25, 0.3) is 0 Å². The van der Waals surface area contributed by atoms with Gasteiger partial charge in [-0.25, -0.2) is 9.59 Å². The summed E-state index contributed by atoms with van der Waals surface area (Å²) in [6.07, 6.45) is 0.674. The third kappa shape index (κ3) is 4.68. The number of urea groups is 1. The van der Waals surface area contributed by atoms with Gasteiger partial charge in [0.15, 0.2) is 0 Å². The van der Waals surface area contributed by atoms with Crippen molar-refractivity contribution in [3.8, 4) is 0 Å². The second kappa shape index (κ2) is 7.50. The van der Waals surface area contributed by atoms with Crippen LogP contribution in [0.1, 0.15) is 38.1 Å². The Morgan fingerprint density at radius 3 is 2.45 bits per heavy atom. The summed E-state index contributed by atoms with van der Waals surface area (Å²) in [6.45, 7) is 5.50. The Morgan fingerprint density at radius 2 is 2.00 bits per heavy atom. The van der Waals surface area contributed by atoms with Crippen molar-refractivity contribution < 1.29 is 14.7 Å². The number of nitrogens with one attached hydrogen (secondary N) is 2. The zero-order chi connectivity index (χ0) is 15.3. The fraction of sp³-hybridized carbons (Fsp3) is 0.538.